The smallest absolute Gasteiger partial charge is 0.225 e. The average Bonchev–Trinajstić information content (AvgIpc) is 2.30. The molecule has 1 aliphatic rings. The Morgan fingerprint density at radius 2 is 2.21 bits per heavy atom. The Bertz CT molecular complexity index is 275. The summed E-state index contributed by atoms with van der Waals surface area (Å²) >= 11 is 0. The molecule has 1 saturated heterocycles. The van der Waals surface area contributed by atoms with Crippen molar-refractivity contribution in [1.82, 2.24) is 15.3 Å². The molecular weight excluding hydrogens is 176 g/mol. The van der Waals surface area contributed by atoms with Crippen LogP contribution in [0.15, 0.2) is 18.5 Å². The predicted molar refractivity (Wildman–Crippen MR) is 56.3 cm³/mol. The highest BCUT2D eigenvalue weighted by Gasteiger charge is 2.19. The zero-order valence-corrected chi connectivity index (χ0v) is 8.48. The molecule has 0 saturated carbocycles. The van der Waals surface area contributed by atoms with Crippen molar-refractivity contribution in [3.8, 4) is 0 Å². The third-order valence-corrected chi connectivity index (χ3v) is 2.66. The van der Waals surface area contributed by atoms with Crippen molar-refractivity contribution >= 4 is 5.95 Å². The summed E-state index contributed by atoms with van der Waals surface area (Å²) in [5, 5.41) is 3.31. The monoisotopic (exact) mass is 192 g/mol. The lowest BCUT2D eigenvalue weighted by Gasteiger charge is -2.32. The van der Waals surface area contributed by atoms with E-state index < -0.39 is 0 Å². The maximum absolute atomic E-state index is 4.26. The van der Waals surface area contributed by atoms with Gasteiger partial charge in [-0.25, -0.2) is 9.97 Å². The van der Waals surface area contributed by atoms with Crippen LogP contribution in [0.25, 0.3) is 0 Å². The first-order chi connectivity index (χ1) is 6.90. The third-order valence-electron chi connectivity index (χ3n) is 2.66. The van der Waals surface area contributed by atoms with E-state index in [1.165, 1.54) is 12.8 Å². The van der Waals surface area contributed by atoms with Crippen molar-refractivity contribution in [2.45, 2.75) is 18.9 Å². The minimum Gasteiger partial charge on any atom is -0.339 e. The number of rotatable bonds is 2. The molecule has 76 valence electrons. The molecule has 0 spiro atoms. The lowest BCUT2D eigenvalue weighted by molar-refractivity contribution is 0.445. The average molecular weight is 192 g/mol. The Morgan fingerprint density at radius 1 is 1.43 bits per heavy atom. The molecule has 0 amide bonds. The molecule has 1 N–H and O–H groups in total. The molecule has 0 bridgehead atoms. The lowest BCUT2D eigenvalue weighted by atomic mass is 10.1. The number of aromatic nitrogens is 2. The van der Waals surface area contributed by atoms with E-state index in [0.29, 0.717) is 6.04 Å². The Hall–Kier alpha value is -1.16. The van der Waals surface area contributed by atoms with Crippen LogP contribution >= 0.6 is 0 Å². The standard InChI is InChI=1S/C10H16N4/c1-11-9-4-2-7-14(8-9)10-12-5-3-6-13-10/h3,5-6,9,11H,2,4,7-8H2,1H3/t9-/m1/s1. The minimum atomic E-state index is 0.576. The molecule has 1 aromatic rings. The maximum atomic E-state index is 4.26. The van der Waals surface area contributed by atoms with Crippen LogP contribution in [0.4, 0.5) is 5.95 Å². The van der Waals surface area contributed by atoms with Crippen LogP contribution in [-0.2, 0) is 0 Å². The van der Waals surface area contributed by atoms with E-state index in [2.05, 4.69) is 20.2 Å². The quantitative estimate of drug-likeness (QED) is 0.747. The first kappa shape index (κ1) is 9.40. The molecule has 1 aromatic heterocycles. The van der Waals surface area contributed by atoms with Gasteiger partial charge in [-0.15, -0.1) is 0 Å². The number of piperidine rings is 1. The minimum absolute atomic E-state index is 0.576. The van der Waals surface area contributed by atoms with E-state index in [1.54, 1.807) is 12.4 Å². The second kappa shape index (κ2) is 4.37. The van der Waals surface area contributed by atoms with Gasteiger partial charge < -0.3 is 10.2 Å². The first-order valence-electron chi connectivity index (χ1n) is 5.09. The van der Waals surface area contributed by atoms with Crippen LogP contribution in [-0.4, -0.2) is 36.1 Å². The van der Waals surface area contributed by atoms with Crippen LogP contribution in [0.3, 0.4) is 0 Å². The van der Waals surface area contributed by atoms with Crippen molar-refractivity contribution < 1.29 is 0 Å². The number of anilines is 1. The van der Waals surface area contributed by atoms with E-state index in [9.17, 15) is 0 Å². The van der Waals surface area contributed by atoms with Gasteiger partial charge in [-0.05, 0) is 26.0 Å². The van der Waals surface area contributed by atoms with E-state index in [1.807, 2.05) is 13.1 Å². The number of likely N-dealkylation sites (N-methyl/N-ethyl adjacent to an activating group) is 1. The van der Waals surface area contributed by atoms with E-state index in [0.717, 1.165) is 19.0 Å². The van der Waals surface area contributed by atoms with Gasteiger partial charge in [0.05, 0.1) is 0 Å². The van der Waals surface area contributed by atoms with Gasteiger partial charge >= 0.3 is 0 Å². The summed E-state index contributed by atoms with van der Waals surface area (Å²) in [6.07, 6.45) is 6.06. The summed E-state index contributed by atoms with van der Waals surface area (Å²) in [4.78, 5) is 10.8. The van der Waals surface area contributed by atoms with E-state index in [4.69, 9.17) is 0 Å². The number of nitrogens with zero attached hydrogens (tertiary/aromatic N) is 3. The van der Waals surface area contributed by atoms with Crippen LogP contribution in [0.1, 0.15) is 12.8 Å². The normalized spacial score (nSPS) is 22.4. The van der Waals surface area contributed by atoms with E-state index in [-0.39, 0.29) is 0 Å². The molecule has 0 aromatic carbocycles. The molecular formula is C10H16N4. The van der Waals surface area contributed by atoms with Crippen molar-refractivity contribution in [1.29, 1.82) is 0 Å². The third kappa shape index (κ3) is 2.01. The fourth-order valence-corrected chi connectivity index (χ4v) is 1.85. The highest BCUT2D eigenvalue weighted by atomic mass is 15.3. The second-order valence-electron chi connectivity index (χ2n) is 3.62. The van der Waals surface area contributed by atoms with Gasteiger partial charge in [0.2, 0.25) is 5.95 Å². The highest BCUT2D eigenvalue weighted by molar-refractivity contribution is 5.29. The highest BCUT2D eigenvalue weighted by Crippen LogP contribution is 2.14. The van der Waals surface area contributed by atoms with Gasteiger partial charge in [0.1, 0.15) is 0 Å². The van der Waals surface area contributed by atoms with Crippen LogP contribution in [0.5, 0.6) is 0 Å². The van der Waals surface area contributed by atoms with Gasteiger partial charge in [-0.3, -0.25) is 0 Å². The second-order valence-corrected chi connectivity index (χ2v) is 3.62. The largest absolute Gasteiger partial charge is 0.339 e. The number of hydrogen-bond donors (Lipinski definition) is 1. The summed E-state index contributed by atoms with van der Waals surface area (Å²) in [5.74, 6) is 0.854. The maximum Gasteiger partial charge on any atom is 0.225 e. The van der Waals surface area contributed by atoms with Gasteiger partial charge in [-0.2, -0.15) is 0 Å². The molecule has 0 aliphatic carbocycles. The molecule has 4 nitrogen and oxygen atoms in total. The molecule has 2 rings (SSSR count). The Morgan fingerprint density at radius 3 is 2.93 bits per heavy atom. The zero-order valence-electron chi connectivity index (χ0n) is 8.48. The van der Waals surface area contributed by atoms with Crippen LogP contribution in [0, 0.1) is 0 Å². The lowest BCUT2D eigenvalue weighted by Crippen LogP contribution is -2.45. The SMILES string of the molecule is CN[C@@H]1CCCN(c2ncccn2)C1. The molecule has 1 fully saturated rings. The topological polar surface area (TPSA) is 41.0 Å². The fraction of sp³-hybridized carbons (Fsp3) is 0.600. The van der Waals surface area contributed by atoms with Gasteiger partial charge in [0.25, 0.3) is 0 Å². The molecule has 1 aliphatic heterocycles. The molecule has 2 heterocycles. The molecule has 14 heavy (non-hydrogen) atoms. The van der Waals surface area contributed by atoms with Crippen molar-refractivity contribution in [2.24, 2.45) is 0 Å². The number of nitrogens with one attached hydrogen (secondary N) is 1. The molecule has 0 unspecified atom stereocenters. The summed E-state index contributed by atoms with van der Waals surface area (Å²) in [6.45, 7) is 2.09. The van der Waals surface area contributed by atoms with Crippen molar-refractivity contribution in [3.63, 3.8) is 0 Å². The Labute approximate surface area is 84.4 Å². The zero-order chi connectivity index (χ0) is 9.80. The summed E-state index contributed by atoms with van der Waals surface area (Å²) in [7, 11) is 2.01. The van der Waals surface area contributed by atoms with Gasteiger partial charge in [0, 0.05) is 31.5 Å². The van der Waals surface area contributed by atoms with Gasteiger partial charge in [-0.1, -0.05) is 0 Å². The molecule has 0 radical (unpaired) electrons. The predicted octanol–water partition coefficient (Wildman–Crippen LogP) is 0.665. The van der Waals surface area contributed by atoms with E-state index >= 15 is 0 Å². The van der Waals surface area contributed by atoms with Crippen molar-refractivity contribution in [2.75, 3.05) is 25.0 Å². The first-order valence-corrected chi connectivity index (χ1v) is 5.09. The van der Waals surface area contributed by atoms with Gasteiger partial charge in [0.15, 0.2) is 0 Å². The van der Waals surface area contributed by atoms with Crippen LogP contribution in [0.2, 0.25) is 0 Å². The van der Waals surface area contributed by atoms with Crippen molar-refractivity contribution in [3.05, 3.63) is 18.5 Å². The molecule has 1 atom stereocenters. The summed E-state index contributed by atoms with van der Waals surface area (Å²) < 4.78 is 0. The van der Waals surface area contributed by atoms with Crippen LogP contribution < -0.4 is 10.2 Å². The molecule has 4 heteroatoms. The summed E-state index contributed by atoms with van der Waals surface area (Å²) in [5.41, 5.74) is 0. The Kier molecular flexibility index (Phi) is 2.93. The fourth-order valence-electron chi connectivity index (χ4n) is 1.85. The number of hydrogen-bond acceptors (Lipinski definition) is 4. The Balaban J connectivity index is 2.04. The summed E-state index contributed by atoms with van der Waals surface area (Å²) in [6, 6.07) is 2.43.